The quantitative estimate of drug-likeness (QED) is 0.457. The molecule has 2 N–H and O–H groups in total. The molecule has 8 nitrogen and oxygen atoms in total. The minimum Gasteiger partial charge on any atom is -0.388 e. The molecule has 0 spiro atoms. The SMILES string of the molecule is CNC(=O)[C@@](C)(C(=O)CO)N(C)C(=O)c1ccc(C#Cc2ccc(CN3CCOCC3)cc2)cc1. The summed E-state index contributed by atoms with van der Waals surface area (Å²) in [5.74, 6) is 4.25. The highest BCUT2D eigenvalue weighted by atomic mass is 16.5. The maximum absolute atomic E-state index is 13.0. The third-order valence-corrected chi connectivity index (χ3v) is 6.28. The van der Waals surface area contributed by atoms with Crippen LogP contribution < -0.4 is 5.32 Å². The van der Waals surface area contributed by atoms with Gasteiger partial charge in [-0.25, -0.2) is 0 Å². The van der Waals surface area contributed by atoms with E-state index in [0.29, 0.717) is 5.56 Å². The van der Waals surface area contributed by atoms with Crippen LogP contribution in [0.5, 0.6) is 0 Å². The van der Waals surface area contributed by atoms with Gasteiger partial charge in [0.25, 0.3) is 11.8 Å². The van der Waals surface area contributed by atoms with Gasteiger partial charge in [-0.1, -0.05) is 24.0 Å². The van der Waals surface area contributed by atoms with Crippen molar-refractivity contribution in [2.24, 2.45) is 0 Å². The van der Waals surface area contributed by atoms with Crippen LogP contribution in [0.25, 0.3) is 0 Å². The Balaban J connectivity index is 1.67. The first-order valence-electron chi connectivity index (χ1n) is 11.4. The average molecular weight is 478 g/mol. The number of ketones is 1. The van der Waals surface area contributed by atoms with Gasteiger partial charge in [-0.3, -0.25) is 19.3 Å². The van der Waals surface area contributed by atoms with E-state index in [9.17, 15) is 19.5 Å². The lowest BCUT2D eigenvalue weighted by molar-refractivity contribution is -0.143. The average Bonchev–Trinajstić information content (AvgIpc) is 2.91. The minimum absolute atomic E-state index is 0.298. The van der Waals surface area contributed by atoms with Gasteiger partial charge >= 0.3 is 0 Å². The van der Waals surface area contributed by atoms with E-state index < -0.39 is 29.7 Å². The van der Waals surface area contributed by atoms with Crippen LogP contribution in [0.4, 0.5) is 0 Å². The van der Waals surface area contributed by atoms with E-state index in [1.807, 2.05) is 12.1 Å². The molecule has 8 heteroatoms. The number of Topliss-reactive ketones (excluding diaryl/α,β-unsaturated/α-hetero) is 1. The number of nitrogens with one attached hydrogen (secondary N) is 1. The van der Waals surface area contributed by atoms with E-state index in [2.05, 4.69) is 34.2 Å². The number of morpholine rings is 1. The van der Waals surface area contributed by atoms with Gasteiger partial charge in [0.1, 0.15) is 6.61 Å². The molecule has 0 aromatic heterocycles. The second kappa shape index (κ2) is 11.8. The molecule has 1 atom stereocenters. The van der Waals surface area contributed by atoms with E-state index in [-0.39, 0.29) is 0 Å². The van der Waals surface area contributed by atoms with Crippen molar-refractivity contribution in [2.75, 3.05) is 47.0 Å². The van der Waals surface area contributed by atoms with Crippen LogP contribution in [0, 0.1) is 11.8 Å². The third-order valence-electron chi connectivity index (χ3n) is 6.28. The fraction of sp³-hybridized carbons (Fsp3) is 0.370. The highest BCUT2D eigenvalue weighted by molar-refractivity contribution is 6.14. The van der Waals surface area contributed by atoms with Crippen LogP contribution in [-0.4, -0.2) is 85.0 Å². The largest absolute Gasteiger partial charge is 0.388 e. The predicted molar refractivity (Wildman–Crippen MR) is 132 cm³/mol. The molecule has 1 aliphatic rings. The lowest BCUT2D eigenvalue weighted by atomic mass is 9.92. The van der Waals surface area contributed by atoms with Crippen molar-refractivity contribution in [3.8, 4) is 11.8 Å². The molecule has 1 aliphatic heterocycles. The Morgan fingerprint density at radius 3 is 2.09 bits per heavy atom. The van der Waals surface area contributed by atoms with Crippen molar-refractivity contribution in [1.29, 1.82) is 0 Å². The summed E-state index contributed by atoms with van der Waals surface area (Å²) >= 11 is 0. The molecule has 2 aromatic carbocycles. The number of likely N-dealkylation sites (N-methyl/N-ethyl adjacent to an activating group) is 2. The van der Waals surface area contributed by atoms with Gasteiger partial charge in [0.05, 0.1) is 13.2 Å². The first-order chi connectivity index (χ1) is 16.8. The van der Waals surface area contributed by atoms with E-state index in [1.54, 1.807) is 24.3 Å². The molecular formula is C27H31N3O5. The second-order valence-electron chi connectivity index (χ2n) is 8.51. The van der Waals surface area contributed by atoms with Gasteiger partial charge in [0.15, 0.2) is 11.3 Å². The molecule has 0 aliphatic carbocycles. The van der Waals surface area contributed by atoms with Crippen LogP contribution in [0.15, 0.2) is 48.5 Å². The molecule has 3 rings (SSSR count). The molecule has 2 amide bonds. The summed E-state index contributed by atoms with van der Waals surface area (Å²) in [4.78, 5) is 41.0. The van der Waals surface area contributed by atoms with Crippen molar-refractivity contribution in [2.45, 2.75) is 19.0 Å². The summed E-state index contributed by atoms with van der Waals surface area (Å²) in [5.41, 5.74) is 1.31. The molecule has 1 fully saturated rings. The Kier molecular flexibility index (Phi) is 8.77. The molecule has 1 saturated heterocycles. The number of rotatable bonds is 7. The highest BCUT2D eigenvalue weighted by Crippen LogP contribution is 2.19. The smallest absolute Gasteiger partial charge is 0.254 e. The molecule has 1 heterocycles. The number of aliphatic hydroxyl groups is 1. The zero-order valence-corrected chi connectivity index (χ0v) is 20.3. The van der Waals surface area contributed by atoms with E-state index in [1.165, 1.54) is 26.6 Å². The number of hydrogen-bond acceptors (Lipinski definition) is 6. The highest BCUT2D eigenvalue weighted by Gasteiger charge is 2.46. The van der Waals surface area contributed by atoms with Crippen molar-refractivity contribution in [3.63, 3.8) is 0 Å². The normalized spacial score (nSPS) is 15.3. The number of ether oxygens (including phenoxy) is 1. The van der Waals surface area contributed by atoms with Gasteiger partial charge in [0.2, 0.25) is 0 Å². The zero-order chi connectivity index (χ0) is 25.4. The van der Waals surface area contributed by atoms with Gasteiger partial charge in [-0.2, -0.15) is 0 Å². The maximum Gasteiger partial charge on any atom is 0.254 e. The van der Waals surface area contributed by atoms with Gasteiger partial charge in [-0.05, 0) is 48.9 Å². The van der Waals surface area contributed by atoms with Crippen molar-refractivity contribution < 1.29 is 24.2 Å². The van der Waals surface area contributed by atoms with Gasteiger partial charge in [-0.15, -0.1) is 0 Å². The summed E-state index contributed by atoms with van der Waals surface area (Å²) < 4.78 is 5.39. The fourth-order valence-corrected chi connectivity index (χ4v) is 3.81. The molecule has 0 saturated carbocycles. The molecule has 2 aromatic rings. The van der Waals surface area contributed by atoms with Gasteiger partial charge < -0.3 is 20.1 Å². The molecule has 35 heavy (non-hydrogen) atoms. The Labute approximate surface area is 205 Å². The second-order valence-corrected chi connectivity index (χ2v) is 8.51. The van der Waals surface area contributed by atoms with Crippen LogP contribution in [0.2, 0.25) is 0 Å². The summed E-state index contributed by atoms with van der Waals surface area (Å²) in [6.07, 6.45) is 0. The Morgan fingerprint density at radius 2 is 1.57 bits per heavy atom. The molecule has 0 unspecified atom stereocenters. The summed E-state index contributed by atoms with van der Waals surface area (Å²) in [7, 11) is 2.73. The number of amides is 2. The van der Waals surface area contributed by atoms with Crippen LogP contribution >= 0.6 is 0 Å². The lowest BCUT2D eigenvalue weighted by Gasteiger charge is -2.35. The zero-order valence-electron chi connectivity index (χ0n) is 20.3. The van der Waals surface area contributed by atoms with Crippen molar-refractivity contribution >= 4 is 17.6 Å². The van der Waals surface area contributed by atoms with E-state index in [0.717, 1.165) is 48.9 Å². The molecular weight excluding hydrogens is 446 g/mol. The predicted octanol–water partition coefficient (Wildman–Crippen LogP) is 1.06. The fourth-order valence-electron chi connectivity index (χ4n) is 3.81. The first kappa shape index (κ1) is 26.1. The monoisotopic (exact) mass is 477 g/mol. The standard InChI is InChI=1S/C27H31N3O5/c1-27(24(32)19-31,26(34)28-2)29(3)25(33)23-12-10-21(11-13-23)5-4-20-6-8-22(9-7-20)18-30-14-16-35-17-15-30/h6-13,31H,14-19H2,1-3H3,(H,28,34)/t27-/m1/s1. The molecule has 0 bridgehead atoms. The number of nitrogens with zero attached hydrogens (tertiary/aromatic N) is 2. The van der Waals surface area contributed by atoms with E-state index in [4.69, 9.17) is 4.74 Å². The number of hydrogen-bond donors (Lipinski definition) is 2. The van der Waals surface area contributed by atoms with Crippen LogP contribution in [0.1, 0.15) is 34.0 Å². The van der Waals surface area contributed by atoms with Crippen molar-refractivity contribution in [1.82, 2.24) is 15.1 Å². The third kappa shape index (κ3) is 6.14. The summed E-state index contributed by atoms with van der Waals surface area (Å²) in [5, 5.41) is 11.7. The van der Waals surface area contributed by atoms with Crippen LogP contribution in [0.3, 0.4) is 0 Å². The number of carbonyl (C=O) groups is 3. The number of aliphatic hydroxyl groups excluding tert-OH is 1. The Morgan fingerprint density at radius 1 is 1.03 bits per heavy atom. The van der Waals surface area contributed by atoms with Gasteiger partial charge in [0, 0.05) is 50.4 Å². The molecule has 0 radical (unpaired) electrons. The number of benzene rings is 2. The topological polar surface area (TPSA) is 99.2 Å². The Bertz CT molecular complexity index is 1090. The molecule has 184 valence electrons. The maximum atomic E-state index is 13.0. The lowest BCUT2D eigenvalue weighted by Crippen LogP contribution is -2.62. The van der Waals surface area contributed by atoms with Crippen molar-refractivity contribution in [3.05, 3.63) is 70.8 Å². The summed E-state index contributed by atoms with van der Waals surface area (Å²) in [6, 6.07) is 14.8. The van der Waals surface area contributed by atoms with E-state index >= 15 is 0 Å². The van der Waals surface area contributed by atoms with Crippen LogP contribution in [-0.2, 0) is 20.9 Å². The Hall–Kier alpha value is -3.51. The minimum atomic E-state index is -1.83. The summed E-state index contributed by atoms with van der Waals surface area (Å²) in [6.45, 7) is 4.79. The number of carbonyl (C=O) groups excluding carboxylic acids is 3. The first-order valence-corrected chi connectivity index (χ1v) is 11.4.